The van der Waals surface area contributed by atoms with E-state index in [9.17, 15) is 9.59 Å². The van der Waals surface area contributed by atoms with Crippen LogP contribution in [0.3, 0.4) is 0 Å². The molecule has 0 saturated heterocycles. The van der Waals surface area contributed by atoms with Crippen LogP contribution in [0.15, 0.2) is 60.7 Å². The van der Waals surface area contributed by atoms with Gasteiger partial charge in [-0.25, -0.2) is 4.79 Å². The molecule has 1 amide bonds. The highest BCUT2D eigenvalue weighted by molar-refractivity contribution is 7.17. The summed E-state index contributed by atoms with van der Waals surface area (Å²) >= 11 is 1.52. The van der Waals surface area contributed by atoms with Crippen LogP contribution in [0, 0.1) is 0 Å². The maximum absolute atomic E-state index is 13.1. The van der Waals surface area contributed by atoms with E-state index >= 15 is 0 Å². The van der Waals surface area contributed by atoms with E-state index in [-0.39, 0.29) is 18.4 Å². The number of ether oxygens (including phenoxy) is 1. The second-order valence-electron chi connectivity index (χ2n) is 8.07. The number of hydrogen-bond acceptors (Lipinski definition) is 5. The molecule has 1 aliphatic carbocycles. The Bertz CT molecular complexity index is 1020. The summed E-state index contributed by atoms with van der Waals surface area (Å²) in [5, 5.41) is 3.64. The normalized spacial score (nSPS) is 12.9. The van der Waals surface area contributed by atoms with E-state index in [0.29, 0.717) is 23.7 Å². The third-order valence-corrected chi connectivity index (χ3v) is 6.89. The van der Waals surface area contributed by atoms with Gasteiger partial charge in [0.15, 0.2) is 0 Å². The Morgan fingerprint density at radius 2 is 1.53 bits per heavy atom. The molecular formula is C26H28N2O3S. The topological polar surface area (TPSA) is 58.6 Å². The van der Waals surface area contributed by atoms with Crippen LogP contribution in [0.5, 0.6) is 0 Å². The van der Waals surface area contributed by atoms with Gasteiger partial charge in [-0.1, -0.05) is 60.7 Å². The minimum Gasteiger partial charge on any atom is -0.465 e. The largest absolute Gasteiger partial charge is 0.465 e. The van der Waals surface area contributed by atoms with Gasteiger partial charge in [-0.2, -0.15) is 0 Å². The number of esters is 1. The number of nitrogens with zero attached hydrogens (tertiary/aromatic N) is 1. The molecule has 32 heavy (non-hydrogen) atoms. The van der Waals surface area contributed by atoms with Crippen molar-refractivity contribution in [2.75, 3.05) is 19.0 Å². The van der Waals surface area contributed by atoms with Crippen molar-refractivity contribution in [3.63, 3.8) is 0 Å². The van der Waals surface area contributed by atoms with Gasteiger partial charge >= 0.3 is 5.97 Å². The number of nitrogens with one attached hydrogen (secondary N) is 1. The fourth-order valence-corrected chi connectivity index (χ4v) is 5.49. The lowest BCUT2D eigenvalue weighted by atomic mass is 9.95. The molecule has 166 valence electrons. The van der Waals surface area contributed by atoms with E-state index < -0.39 is 0 Å². The molecule has 3 aromatic rings. The van der Waals surface area contributed by atoms with Crippen molar-refractivity contribution >= 4 is 28.2 Å². The second kappa shape index (κ2) is 10.6. The van der Waals surface area contributed by atoms with Gasteiger partial charge < -0.3 is 10.1 Å². The maximum atomic E-state index is 13.1. The quantitative estimate of drug-likeness (QED) is 0.490. The fraction of sp³-hybridized carbons (Fsp3) is 0.308. The van der Waals surface area contributed by atoms with Crippen molar-refractivity contribution in [2.45, 2.75) is 38.8 Å². The number of rotatable bonds is 8. The first-order valence-corrected chi connectivity index (χ1v) is 11.8. The highest BCUT2D eigenvalue weighted by Gasteiger charge is 2.27. The van der Waals surface area contributed by atoms with Crippen molar-refractivity contribution in [3.8, 4) is 0 Å². The Balaban J connectivity index is 1.52. The van der Waals surface area contributed by atoms with Gasteiger partial charge in [0.25, 0.3) is 0 Å². The molecule has 6 heteroatoms. The number of benzene rings is 2. The van der Waals surface area contributed by atoms with E-state index in [4.69, 9.17) is 4.74 Å². The molecule has 1 aliphatic rings. The molecule has 0 saturated carbocycles. The number of methoxy groups -OCH3 is 1. The van der Waals surface area contributed by atoms with Crippen LogP contribution < -0.4 is 5.32 Å². The molecule has 0 bridgehead atoms. The van der Waals surface area contributed by atoms with Crippen LogP contribution in [0.25, 0.3) is 0 Å². The van der Waals surface area contributed by atoms with Gasteiger partial charge in [0.05, 0.1) is 19.2 Å². The molecule has 1 aromatic heterocycles. The molecule has 0 atom stereocenters. The third kappa shape index (κ3) is 5.44. The lowest BCUT2D eigenvalue weighted by Crippen LogP contribution is -2.32. The predicted molar refractivity (Wildman–Crippen MR) is 128 cm³/mol. The summed E-state index contributed by atoms with van der Waals surface area (Å²) in [4.78, 5) is 28.9. The summed E-state index contributed by atoms with van der Waals surface area (Å²) in [5.74, 6) is -0.495. The summed E-state index contributed by atoms with van der Waals surface area (Å²) in [6.07, 6.45) is 3.99. The Morgan fingerprint density at radius 3 is 2.12 bits per heavy atom. The zero-order chi connectivity index (χ0) is 22.3. The van der Waals surface area contributed by atoms with Crippen molar-refractivity contribution in [1.82, 2.24) is 4.90 Å². The first-order chi connectivity index (χ1) is 15.6. The van der Waals surface area contributed by atoms with Crippen LogP contribution in [-0.4, -0.2) is 30.4 Å². The van der Waals surface area contributed by atoms with Crippen LogP contribution in [0.4, 0.5) is 5.00 Å². The summed E-state index contributed by atoms with van der Waals surface area (Å²) in [5.41, 5.74) is 3.89. The molecule has 1 N–H and O–H groups in total. The molecule has 1 heterocycles. The van der Waals surface area contributed by atoms with Crippen molar-refractivity contribution in [3.05, 3.63) is 87.8 Å². The second-order valence-corrected chi connectivity index (χ2v) is 9.18. The van der Waals surface area contributed by atoms with Crippen LogP contribution in [0.1, 0.15) is 44.8 Å². The Kier molecular flexibility index (Phi) is 7.35. The van der Waals surface area contributed by atoms with Gasteiger partial charge in [-0.3, -0.25) is 9.69 Å². The Hall–Kier alpha value is -2.96. The number of amides is 1. The van der Waals surface area contributed by atoms with Gasteiger partial charge in [0.1, 0.15) is 5.00 Å². The van der Waals surface area contributed by atoms with E-state index in [2.05, 4.69) is 34.5 Å². The summed E-state index contributed by atoms with van der Waals surface area (Å²) < 4.78 is 5.03. The lowest BCUT2D eigenvalue weighted by Gasteiger charge is -2.22. The van der Waals surface area contributed by atoms with Gasteiger partial charge in [0, 0.05) is 18.0 Å². The molecular weight excluding hydrogens is 420 g/mol. The minimum atomic E-state index is -0.370. The smallest absolute Gasteiger partial charge is 0.341 e. The van der Waals surface area contributed by atoms with Crippen LogP contribution in [-0.2, 0) is 35.5 Å². The average Bonchev–Trinajstić information content (AvgIpc) is 3.17. The summed E-state index contributed by atoms with van der Waals surface area (Å²) in [6.45, 7) is 1.55. The fourth-order valence-electron chi connectivity index (χ4n) is 4.19. The predicted octanol–water partition coefficient (Wildman–Crippen LogP) is 5.05. The van der Waals surface area contributed by atoms with E-state index in [1.54, 1.807) is 0 Å². The molecule has 0 fully saturated rings. The zero-order valence-corrected chi connectivity index (χ0v) is 19.1. The SMILES string of the molecule is COC(=O)c1c(NC(=O)CN(Cc2ccccc2)Cc2ccccc2)sc2c1CCCC2. The number of hydrogen-bond donors (Lipinski definition) is 1. The molecule has 0 aliphatic heterocycles. The number of thiophene rings is 1. The standard InChI is InChI=1S/C26H28N2O3S/c1-31-26(30)24-21-14-8-9-15-22(21)32-25(24)27-23(29)18-28(16-19-10-4-2-5-11-19)17-20-12-6-3-7-13-20/h2-7,10-13H,8-9,14-18H2,1H3,(H,27,29). The molecule has 4 rings (SSSR count). The first kappa shape index (κ1) is 22.2. The lowest BCUT2D eigenvalue weighted by molar-refractivity contribution is -0.117. The number of carbonyl (C=O) groups excluding carboxylic acids is 2. The first-order valence-electron chi connectivity index (χ1n) is 11.0. The molecule has 0 spiro atoms. The summed E-state index contributed by atoms with van der Waals surface area (Å²) in [6, 6.07) is 20.3. The highest BCUT2D eigenvalue weighted by atomic mass is 32.1. The van der Waals surface area contributed by atoms with Crippen molar-refractivity contribution in [1.29, 1.82) is 0 Å². The zero-order valence-electron chi connectivity index (χ0n) is 18.3. The molecule has 2 aromatic carbocycles. The Labute approximate surface area is 193 Å². The van der Waals surface area contributed by atoms with E-state index in [1.807, 2.05) is 36.4 Å². The highest BCUT2D eigenvalue weighted by Crippen LogP contribution is 2.38. The number of aryl methyl sites for hydroxylation is 1. The third-order valence-electron chi connectivity index (χ3n) is 5.68. The molecule has 5 nitrogen and oxygen atoms in total. The number of anilines is 1. The molecule has 0 unspecified atom stereocenters. The Morgan fingerprint density at radius 1 is 0.938 bits per heavy atom. The van der Waals surface area contributed by atoms with Crippen molar-refractivity contribution < 1.29 is 14.3 Å². The monoisotopic (exact) mass is 448 g/mol. The average molecular weight is 449 g/mol. The van der Waals surface area contributed by atoms with Crippen molar-refractivity contribution in [2.24, 2.45) is 0 Å². The van der Waals surface area contributed by atoms with Gasteiger partial charge in [-0.05, 0) is 42.4 Å². The maximum Gasteiger partial charge on any atom is 0.341 e. The van der Waals surface area contributed by atoms with Gasteiger partial charge in [0.2, 0.25) is 5.91 Å². The minimum absolute atomic E-state index is 0.124. The van der Waals surface area contributed by atoms with Gasteiger partial charge in [-0.15, -0.1) is 11.3 Å². The number of fused-ring (bicyclic) bond motifs is 1. The summed E-state index contributed by atoms with van der Waals surface area (Å²) in [7, 11) is 1.39. The van der Waals surface area contributed by atoms with Crippen LogP contribution >= 0.6 is 11.3 Å². The van der Waals surface area contributed by atoms with Crippen LogP contribution in [0.2, 0.25) is 0 Å². The van der Waals surface area contributed by atoms with E-state index in [1.165, 1.54) is 23.3 Å². The van der Waals surface area contributed by atoms with E-state index in [0.717, 1.165) is 42.4 Å². The molecule has 0 radical (unpaired) electrons. The number of carbonyl (C=O) groups is 2.